The topological polar surface area (TPSA) is 50.7 Å². The van der Waals surface area contributed by atoms with Crippen molar-refractivity contribution < 1.29 is 9.53 Å². The lowest BCUT2D eigenvalue weighted by atomic mass is 10.1. The fourth-order valence-corrected chi connectivity index (χ4v) is 3.50. The predicted molar refractivity (Wildman–Crippen MR) is 99.0 cm³/mol. The summed E-state index contributed by atoms with van der Waals surface area (Å²) in [6, 6.07) is 11.6. The highest BCUT2D eigenvalue weighted by molar-refractivity contribution is 9.11. The second-order valence-electron chi connectivity index (χ2n) is 4.97. The fourth-order valence-electron chi connectivity index (χ4n) is 1.95. The van der Waals surface area contributed by atoms with E-state index in [0.29, 0.717) is 5.75 Å². The van der Waals surface area contributed by atoms with Crippen molar-refractivity contribution in [1.29, 1.82) is 0 Å². The van der Waals surface area contributed by atoms with Crippen molar-refractivity contribution >= 4 is 44.0 Å². The standard InChI is InChI=1S/C17H16Br2N2O2/c1-11-5-3-4-6-13(11)9-20-21-16(22)10-23-17-12(2)7-14(18)8-15(17)19/h3-9H,10H2,1-2H3,(H,21,22)/b20-9+. The number of hydrazone groups is 1. The maximum Gasteiger partial charge on any atom is 0.277 e. The summed E-state index contributed by atoms with van der Waals surface area (Å²) in [6.07, 6.45) is 1.62. The van der Waals surface area contributed by atoms with Gasteiger partial charge in [-0.2, -0.15) is 5.10 Å². The van der Waals surface area contributed by atoms with E-state index in [4.69, 9.17) is 4.74 Å². The van der Waals surface area contributed by atoms with Gasteiger partial charge in [0.15, 0.2) is 6.61 Å². The van der Waals surface area contributed by atoms with Crippen molar-refractivity contribution in [3.63, 3.8) is 0 Å². The largest absolute Gasteiger partial charge is 0.482 e. The van der Waals surface area contributed by atoms with Gasteiger partial charge in [0.05, 0.1) is 10.7 Å². The first-order valence-corrected chi connectivity index (χ1v) is 8.52. The summed E-state index contributed by atoms with van der Waals surface area (Å²) in [7, 11) is 0. The molecule has 6 heteroatoms. The number of nitrogens with one attached hydrogen (secondary N) is 1. The Hall–Kier alpha value is -1.66. The number of halogens is 2. The van der Waals surface area contributed by atoms with E-state index in [2.05, 4.69) is 42.4 Å². The maximum atomic E-state index is 11.8. The summed E-state index contributed by atoms with van der Waals surface area (Å²) < 4.78 is 7.30. The second-order valence-corrected chi connectivity index (χ2v) is 6.74. The van der Waals surface area contributed by atoms with Gasteiger partial charge in [0.1, 0.15) is 5.75 Å². The molecule has 0 saturated heterocycles. The minimum absolute atomic E-state index is 0.105. The van der Waals surface area contributed by atoms with Crippen molar-refractivity contribution in [3.8, 4) is 5.75 Å². The van der Waals surface area contributed by atoms with Crippen LogP contribution >= 0.6 is 31.9 Å². The lowest BCUT2D eigenvalue weighted by molar-refractivity contribution is -0.123. The number of benzene rings is 2. The van der Waals surface area contributed by atoms with E-state index in [1.54, 1.807) is 6.21 Å². The van der Waals surface area contributed by atoms with Crippen LogP contribution in [0.3, 0.4) is 0 Å². The van der Waals surface area contributed by atoms with Crippen LogP contribution in [0, 0.1) is 13.8 Å². The van der Waals surface area contributed by atoms with Gasteiger partial charge in [-0.25, -0.2) is 5.43 Å². The molecule has 0 unspecified atom stereocenters. The van der Waals surface area contributed by atoms with Crippen LogP contribution in [0.2, 0.25) is 0 Å². The van der Waals surface area contributed by atoms with E-state index < -0.39 is 0 Å². The Kier molecular flexibility index (Phi) is 6.36. The first kappa shape index (κ1) is 17.7. The van der Waals surface area contributed by atoms with Crippen molar-refractivity contribution in [3.05, 3.63) is 62.0 Å². The quantitative estimate of drug-likeness (QED) is 0.555. The zero-order valence-corrected chi connectivity index (χ0v) is 15.9. The third-order valence-corrected chi connectivity index (χ3v) is 4.17. The van der Waals surface area contributed by atoms with Crippen molar-refractivity contribution in [2.45, 2.75) is 13.8 Å². The first-order valence-electron chi connectivity index (χ1n) is 6.93. The van der Waals surface area contributed by atoms with E-state index in [9.17, 15) is 4.79 Å². The molecule has 1 amide bonds. The molecule has 2 aromatic rings. The van der Waals surface area contributed by atoms with Crippen molar-refractivity contribution in [1.82, 2.24) is 5.43 Å². The molecule has 0 aliphatic heterocycles. The third kappa shape index (κ3) is 5.18. The van der Waals surface area contributed by atoms with Crippen LogP contribution in [-0.4, -0.2) is 18.7 Å². The number of carbonyl (C=O) groups excluding carboxylic acids is 1. The molecule has 0 bridgehead atoms. The average molecular weight is 440 g/mol. The highest BCUT2D eigenvalue weighted by atomic mass is 79.9. The van der Waals surface area contributed by atoms with Crippen LogP contribution in [0.1, 0.15) is 16.7 Å². The number of nitrogens with zero attached hydrogens (tertiary/aromatic N) is 1. The summed E-state index contributed by atoms with van der Waals surface area (Å²) in [5.41, 5.74) is 5.44. The Morgan fingerprint density at radius 1 is 1.22 bits per heavy atom. The van der Waals surface area contributed by atoms with Gasteiger partial charge in [0.25, 0.3) is 5.91 Å². The van der Waals surface area contributed by atoms with Gasteiger partial charge in [-0.3, -0.25) is 4.79 Å². The molecule has 0 fully saturated rings. The Balaban J connectivity index is 1.90. The van der Waals surface area contributed by atoms with E-state index >= 15 is 0 Å². The van der Waals surface area contributed by atoms with Gasteiger partial charge in [-0.05, 0) is 58.6 Å². The monoisotopic (exact) mass is 438 g/mol. The summed E-state index contributed by atoms with van der Waals surface area (Å²) in [6.45, 7) is 3.80. The highest BCUT2D eigenvalue weighted by Gasteiger charge is 2.09. The molecule has 2 aromatic carbocycles. The van der Waals surface area contributed by atoms with E-state index in [1.165, 1.54) is 0 Å². The second kappa shape index (κ2) is 8.26. The molecular weight excluding hydrogens is 424 g/mol. The lowest BCUT2D eigenvalue weighted by Gasteiger charge is -2.10. The van der Waals surface area contributed by atoms with E-state index in [1.807, 2.05) is 50.2 Å². The molecule has 23 heavy (non-hydrogen) atoms. The number of hydrogen-bond donors (Lipinski definition) is 1. The van der Waals surface area contributed by atoms with Gasteiger partial charge in [0, 0.05) is 4.47 Å². The van der Waals surface area contributed by atoms with Gasteiger partial charge < -0.3 is 4.74 Å². The molecule has 0 aliphatic carbocycles. The summed E-state index contributed by atoms with van der Waals surface area (Å²) in [5, 5.41) is 3.95. The van der Waals surface area contributed by atoms with Crippen molar-refractivity contribution in [2.75, 3.05) is 6.61 Å². The highest BCUT2D eigenvalue weighted by Crippen LogP contribution is 2.32. The smallest absolute Gasteiger partial charge is 0.277 e. The minimum atomic E-state index is -0.316. The minimum Gasteiger partial charge on any atom is -0.482 e. The van der Waals surface area contributed by atoms with Gasteiger partial charge in [0.2, 0.25) is 0 Å². The van der Waals surface area contributed by atoms with Crippen LogP contribution in [0.15, 0.2) is 50.4 Å². The molecule has 0 radical (unpaired) electrons. The fraction of sp³-hybridized carbons (Fsp3) is 0.176. The summed E-state index contributed by atoms with van der Waals surface area (Å²) in [4.78, 5) is 11.8. The zero-order chi connectivity index (χ0) is 16.8. The first-order chi connectivity index (χ1) is 11.0. The summed E-state index contributed by atoms with van der Waals surface area (Å²) >= 11 is 6.83. The molecule has 0 atom stereocenters. The molecule has 0 saturated carbocycles. The Labute approximate surface area is 152 Å². The van der Waals surface area contributed by atoms with E-state index in [0.717, 1.165) is 25.6 Å². The Morgan fingerprint density at radius 2 is 1.96 bits per heavy atom. The molecule has 0 aliphatic rings. The molecule has 0 heterocycles. The van der Waals surface area contributed by atoms with E-state index in [-0.39, 0.29) is 12.5 Å². The number of carbonyl (C=O) groups is 1. The van der Waals surface area contributed by atoms with Crippen LogP contribution < -0.4 is 10.2 Å². The van der Waals surface area contributed by atoms with Crippen LogP contribution in [0.5, 0.6) is 5.75 Å². The molecule has 2 rings (SSSR count). The molecule has 4 nitrogen and oxygen atoms in total. The zero-order valence-electron chi connectivity index (χ0n) is 12.8. The third-order valence-electron chi connectivity index (χ3n) is 3.12. The maximum absolute atomic E-state index is 11.8. The number of ether oxygens (including phenoxy) is 1. The number of amides is 1. The van der Waals surface area contributed by atoms with Crippen LogP contribution in [0.4, 0.5) is 0 Å². The molecular formula is C17H16Br2N2O2. The van der Waals surface area contributed by atoms with Crippen LogP contribution in [-0.2, 0) is 4.79 Å². The van der Waals surface area contributed by atoms with Gasteiger partial charge in [-0.1, -0.05) is 40.2 Å². The van der Waals surface area contributed by atoms with Crippen LogP contribution in [0.25, 0.3) is 0 Å². The normalized spacial score (nSPS) is 10.8. The Bertz CT molecular complexity index is 722. The number of rotatable bonds is 5. The van der Waals surface area contributed by atoms with Crippen molar-refractivity contribution in [2.24, 2.45) is 5.10 Å². The average Bonchev–Trinajstić information content (AvgIpc) is 2.48. The SMILES string of the molecule is Cc1ccccc1/C=N/NC(=O)COc1c(C)cc(Br)cc1Br. The Morgan fingerprint density at radius 3 is 2.65 bits per heavy atom. The van der Waals surface area contributed by atoms with Gasteiger partial charge in [-0.15, -0.1) is 0 Å². The number of aryl methyl sites for hydroxylation is 2. The summed E-state index contributed by atoms with van der Waals surface area (Å²) in [5.74, 6) is 0.329. The van der Waals surface area contributed by atoms with Gasteiger partial charge >= 0.3 is 0 Å². The molecule has 0 spiro atoms. The molecule has 1 N–H and O–H groups in total. The lowest BCUT2D eigenvalue weighted by Crippen LogP contribution is -2.24. The number of hydrogen-bond acceptors (Lipinski definition) is 3. The molecule has 0 aromatic heterocycles. The molecule has 120 valence electrons. The predicted octanol–water partition coefficient (Wildman–Crippen LogP) is 4.36.